The molecule has 0 amide bonds. The van der Waals surface area contributed by atoms with E-state index in [9.17, 15) is 18.7 Å². The van der Waals surface area contributed by atoms with Crippen molar-refractivity contribution in [2.45, 2.75) is 13.5 Å². The van der Waals surface area contributed by atoms with E-state index in [4.69, 9.17) is 0 Å². The van der Waals surface area contributed by atoms with Crippen molar-refractivity contribution in [3.05, 3.63) is 65.0 Å². The van der Waals surface area contributed by atoms with E-state index in [1.807, 2.05) is 0 Å². The van der Waals surface area contributed by atoms with E-state index in [0.717, 1.165) is 12.1 Å². The summed E-state index contributed by atoms with van der Waals surface area (Å²) in [5.74, 6) is -2.39. The highest BCUT2D eigenvalue weighted by Gasteiger charge is 2.15. The van der Waals surface area contributed by atoms with Gasteiger partial charge in [-0.15, -0.1) is 0 Å². The molecule has 0 saturated carbocycles. The molecule has 0 aliphatic heterocycles. The second-order valence-corrected chi connectivity index (χ2v) is 4.96. The monoisotopic (exact) mass is 302 g/mol. The molecular weight excluding hydrogens is 290 g/mol. The van der Waals surface area contributed by atoms with Gasteiger partial charge in [-0.3, -0.25) is 0 Å². The zero-order valence-corrected chi connectivity index (χ0v) is 11.7. The second-order valence-electron chi connectivity index (χ2n) is 4.96. The van der Waals surface area contributed by atoms with Gasteiger partial charge in [0.2, 0.25) is 0 Å². The number of nitrogens with zero attached hydrogens (tertiary/aromatic N) is 2. The Balaban J connectivity index is 2.14. The summed E-state index contributed by atoms with van der Waals surface area (Å²) in [6.07, 6.45) is 0. The predicted molar refractivity (Wildman–Crippen MR) is 76.9 cm³/mol. The number of imidazole rings is 1. The van der Waals surface area contributed by atoms with Gasteiger partial charge in [0.1, 0.15) is 5.82 Å². The van der Waals surface area contributed by atoms with Crippen molar-refractivity contribution in [1.29, 1.82) is 0 Å². The Hall–Kier alpha value is -2.76. The first-order valence-electron chi connectivity index (χ1n) is 6.60. The zero-order chi connectivity index (χ0) is 15.9. The SMILES string of the molecule is Cc1nc2cc(F)c(F)cc2n1Cc1ccccc1C(=O)O. The van der Waals surface area contributed by atoms with Crippen LogP contribution in [0.15, 0.2) is 36.4 Å². The maximum Gasteiger partial charge on any atom is 0.336 e. The molecule has 0 radical (unpaired) electrons. The van der Waals surface area contributed by atoms with Gasteiger partial charge in [0, 0.05) is 12.1 Å². The molecule has 1 aromatic heterocycles. The van der Waals surface area contributed by atoms with Crippen molar-refractivity contribution in [2.75, 3.05) is 0 Å². The predicted octanol–water partition coefficient (Wildman–Crippen LogP) is 3.37. The minimum Gasteiger partial charge on any atom is -0.478 e. The van der Waals surface area contributed by atoms with Crippen molar-refractivity contribution in [3.63, 3.8) is 0 Å². The Morgan fingerprint density at radius 3 is 2.64 bits per heavy atom. The minimum atomic E-state index is -1.03. The summed E-state index contributed by atoms with van der Waals surface area (Å²) in [4.78, 5) is 15.5. The van der Waals surface area contributed by atoms with Gasteiger partial charge in [-0.1, -0.05) is 18.2 Å². The van der Waals surface area contributed by atoms with Crippen molar-refractivity contribution < 1.29 is 18.7 Å². The van der Waals surface area contributed by atoms with Crippen LogP contribution >= 0.6 is 0 Å². The lowest BCUT2D eigenvalue weighted by Crippen LogP contribution is -2.08. The Morgan fingerprint density at radius 1 is 1.23 bits per heavy atom. The number of carbonyl (C=O) groups is 1. The van der Waals surface area contributed by atoms with Crippen LogP contribution < -0.4 is 0 Å². The fourth-order valence-electron chi connectivity index (χ4n) is 2.48. The second kappa shape index (κ2) is 5.22. The number of rotatable bonds is 3. The number of hydrogen-bond acceptors (Lipinski definition) is 2. The number of benzene rings is 2. The van der Waals surface area contributed by atoms with Gasteiger partial charge in [-0.05, 0) is 18.6 Å². The number of aryl methyl sites for hydroxylation is 1. The van der Waals surface area contributed by atoms with Gasteiger partial charge in [-0.25, -0.2) is 18.6 Å². The molecule has 3 rings (SSSR count). The fraction of sp³-hybridized carbons (Fsp3) is 0.125. The lowest BCUT2D eigenvalue weighted by atomic mass is 10.1. The van der Waals surface area contributed by atoms with Gasteiger partial charge in [0.05, 0.1) is 23.1 Å². The van der Waals surface area contributed by atoms with Gasteiger partial charge in [-0.2, -0.15) is 0 Å². The highest BCUT2D eigenvalue weighted by molar-refractivity contribution is 5.89. The molecule has 0 atom stereocenters. The van der Waals surface area contributed by atoms with E-state index in [1.165, 1.54) is 6.07 Å². The van der Waals surface area contributed by atoms with Crippen molar-refractivity contribution in [3.8, 4) is 0 Å². The Morgan fingerprint density at radius 2 is 1.91 bits per heavy atom. The highest BCUT2D eigenvalue weighted by Crippen LogP contribution is 2.22. The number of carboxylic acid groups (broad SMARTS) is 1. The molecule has 3 aromatic rings. The molecule has 0 unspecified atom stereocenters. The van der Waals surface area contributed by atoms with Crippen molar-refractivity contribution in [2.24, 2.45) is 0 Å². The normalized spacial score (nSPS) is 11.0. The van der Waals surface area contributed by atoms with Crippen LogP contribution in [0.2, 0.25) is 0 Å². The number of hydrogen-bond donors (Lipinski definition) is 1. The average Bonchev–Trinajstić information content (AvgIpc) is 2.76. The van der Waals surface area contributed by atoms with E-state index in [1.54, 1.807) is 29.7 Å². The molecule has 0 aliphatic rings. The molecule has 0 spiro atoms. The summed E-state index contributed by atoms with van der Waals surface area (Å²) in [6.45, 7) is 1.93. The molecule has 2 aromatic carbocycles. The van der Waals surface area contributed by atoms with Crippen LogP contribution in [0.5, 0.6) is 0 Å². The summed E-state index contributed by atoms with van der Waals surface area (Å²) in [5, 5.41) is 9.22. The van der Waals surface area contributed by atoms with E-state index < -0.39 is 17.6 Å². The summed E-state index contributed by atoms with van der Waals surface area (Å²) < 4.78 is 28.4. The van der Waals surface area contributed by atoms with Crippen molar-refractivity contribution >= 4 is 17.0 Å². The number of carboxylic acids is 1. The maximum atomic E-state index is 13.5. The van der Waals surface area contributed by atoms with Crippen LogP contribution in [0.25, 0.3) is 11.0 Å². The van der Waals surface area contributed by atoms with Crippen LogP contribution in [0.3, 0.4) is 0 Å². The molecule has 22 heavy (non-hydrogen) atoms. The Bertz CT molecular complexity index is 887. The Kier molecular flexibility index (Phi) is 3.36. The third-order valence-corrected chi connectivity index (χ3v) is 3.56. The molecular formula is C16H12F2N2O2. The third-order valence-electron chi connectivity index (χ3n) is 3.56. The quantitative estimate of drug-likeness (QED) is 0.807. The number of aromatic nitrogens is 2. The first kappa shape index (κ1) is 14.2. The first-order chi connectivity index (χ1) is 10.5. The van der Waals surface area contributed by atoms with Crippen LogP contribution in [0, 0.1) is 18.6 Å². The van der Waals surface area contributed by atoms with Crippen LogP contribution in [-0.2, 0) is 6.54 Å². The highest BCUT2D eigenvalue weighted by atomic mass is 19.2. The smallest absolute Gasteiger partial charge is 0.336 e. The zero-order valence-electron chi connectivity index (χ0n) is 11.7. The van der Waals surface area contributed by atoms with Gasteiger partial charge >= 0.3 is 5.97 Å². The molecule has 112 valence electrons. The summed E-state index contributed by atoms with van der Waals surface area (Å²) in [7, 11) is 0. The lowest BCUT2D eigenvalue weighted by molar-refractivity contribution is 0.0695. The number of halogens is 2. The van der Waals surface area contributed by atoms with Crippen molar-refractivity contribution in [1.82, 2.24) is 9.55 Å². The van der Waals surface area contributed by atoms with E-state index in [-0.39, 0.29) is 12.1 Å². The average molecular weight is 302 g/mol. The van der Waals surface area contributed by atoms with Crippen LogP contribution in [0.4, 0.5) is 8.78 Å². The maximum absolute atomic E-state index is 13.5. The summed E-state index contributed by atoms with van der Waals surface area (Å²) in [6, 6.07) is 8.68. The number of aromatic carboxylic acids is 1. The topological polar surface area (TPSA) is 55.1 Å². The molecule has 1 N–H and O–H groups in total. The lowest BCUT2D eigenvalue weighted by Gasteiger charge is -2.10. The van der Waals surface area contributed by atoms with Crippen LogP contribution in [-0.4, -0.2) is 20.6 Å². The van der Waals surface area contributed by atoms with E-state index in [2.05, 4.69) is 4.98 Å². The molecule has 4 nitrogen and oxygen atoms in total. The largest absolute Gasteiger partial charge is 0.478 e. The minimum absolute atomic E-state index is 0.173. The van der Waals surface area contributed by atoms with Gasteiger partial charge in [0.15, 0.2) is 11.6 Å². The summed E-state index contributed by atoms with van der Waals surface area (Å²) in [5.41, 5.74) is 1.51. The molecule has 0 fully saturated rings. The molecule has 0 bridgehead atoms. The standard InChI is InChI=1S/C16H12F2N2O2/c1-9-19-14-6-12(17)13(18)7-15(14)20(9)8-10-4-2-3-5-11(10)16(21)22/h2-7H,8H2,1H3,(H,21,22). The van der Waals surface area contributed by atoms with Gasteiger partial charge in [0.25, 0.3) is 0 Å². The molecule has 0 saturated heterocycles. The molecule has 6 heteroatoms. The van der Waals surface area contributed by atoms with Crippen LogP contribution in [0.1, 0.15) is 21.7 Å². The number of fused-ring (bicyclic) bond motifs is 1. The van der Waals surface area contributed by atoms with Gasteiger partial charge < -0.3 is 9.67 Å². The first-order valence-corrected chi connectivity index (χ1v) is 6.60. The third kappa shape index (κ3) is 2.32. The fourth-order valence-corrected chi connectivity index (χ4v) is 2.48. The molecule has 0 aliphatic carbocycles. The summed E-state index contributed by atoms with van der Waals surface area (Å²) >= 11 is 0. The molecule has 1 heterocycles. The van der Waals surface area contributed by atoms with E-state index in [0.29, 0.717) is 22.4 Å². The Labute approximate surface area is 124 Å². The van der Waals surface area contributed by atoms with E-state index >= 15 is 0 Å².